The van der Waals surface area contributed by atoms with Gasteiger partial charge in [0.1, 0.15) is 6.04 Å². The maximum absolute atomic E-state index is 12.9. The molecule has 0 spiro atoms. The molecule has 0 aliphatic rings. The maximum Gasteiger partial charge on any atom is 0.242 e. The third-order valence-corrected chi connectivity index (χ3v) is 9.32. The van der Waals surface area contributed by atoms with Crippen molar-refractivity contribution < 1.29 is 9.59 Å². The van der Waals surface area contributed by atoms with Crippen molar-refractivity contribution in [3.8, 4) is 0 Å². The van der Waals surface area contributed by atoms with Gasteiger partial charge in [-0.1, -0.05) is 161 Å². The highest BCUT2D eigenvalue weighted by atomic mass is 16.2. The Kier molecular flexibility index (Phi) is 37.0. The summed E-state index contributed by atoms with van der Waals surface area (Å²) in [4.78, 5) is 25.6. The third kappa shape index (κ3) is 34.0. The van der Waals surface area contributed by atoms with Crippen LogP contribution in [0.1, 0.15) is 213 Å². The maximum atomic E-state index is 12.9. The van der Waals surface area contributed by atoms with Crippen LogP contribution in [0.5, 0.6) is 0 Å². The first-order chi connectivity index (χ1) is 22.7. The molecule has 0 aromatic carbocycles. The number of carbonyl (C=O) groups excluding carboxylic acids is 2. The lowest BCUT2D eigenvalue weighted by Crippen LogP contribution is -2.47. The molecule has 1 atom stereocenters. The Bertz CT molecular complexity index is 666. The Balaban J connectivity index is 3.92. The average Bonchev–Trinajstić information content (AvgIpc) is 3.06. The van der Waals surface area contributed by atoms with Crippen molar-refractivity contribution >= 4 is 11.8 Å². The van der Waals surface area contributed by atoms with Gasteiger partial charge in [-0.05, 0) is 71.4 Å². The van der Waals surface area contributed by atoms with Gasteiger partial charge in [-0.15, -0.1) is 0 Å². The fraction of sp³-hybridized carbons (Fsp3) is 0.902. The van der Waals surface area contributed by atoms with E-state index in [9.17, 15) is 9.59 Å². The minimum atomic E-state index is -0.404. The highest BCUT2D eigenvalue weighted by Crippen LogP contribution is 2.14. The molecule has 5 heteroatoms. The summed E-state index contributed by atoms with van der Waals surface area (Å²) in [6.07, 6.45) is 42.9. The number of hydrogen-bond acceptors (Lipinski definition) is 3. The number of carbonyl (C=O) groups is 2. The van der Waals surface area contributed by atoms with Crippen molar-refractivity contribution in [1.82, 2.24) is 16.0 Å². The number of amides is 2. The smallest absolute Gasteiger partial charge is 0.242 e. The monoisotopic (exact) mass is 648 g/mol. The van der Waals surface area contributed by atoms with E-state index in [1.54, 1.807) is 0 Å². The average molecular weight is 648 g/mol. The van der Waals surface area contributed by atoms with Gasteiger partial charge in [0.25, 0.3) is 0 Å². The van der Waals surface area contributed by atoms with Crippen molar-refractivity contribution in [2.75, 3.05) is 20.1 Å². The van der Waals surface area contributed by atoms with Crippen LogP contribution in [-0.2, 0) is 9.59 Å². The zero-order valence-corrected chi connectivity index (χ0v) is 31.4. The molecular weight excluding hydrogens is 566 g/mol. The summed E-state index contributed by atoms with van der Waals surface area (Å²) < 4.78 is 0. The van der Waals surface area contributed by atoms with Crippen molar-refractivity contribution in [3.63, 3.8) is 0 Å². The highest BCUT2D eigenvalue weighted by Gasteiger charge is 2.19. The first-order valence-corrected chi connectivity index (χ1v) is 20.5. The van der Waals surface area contributed by atoms with Gasteiger partial charge in [0.15, 0.2) is 0 Å². The Morgan fingerprint density at radius 3 is 1.39 bits per heavy atom. The molecule has 3 N–H and O–H groups in total. The summed E-state index contributed by atoms with van der Waals surface area (Å²) >= 11 is 0. The van der Waals surface area contributed by atoms with Crippen LogP contribution in [0.15, 0.2) is 12.2 Å². The van der Waals surface area contributed by atoms with Gasteiger partial charge in [0.2, 0.25) is 11.8 Å². The molecular formula is C41H81N3O2. The van der Waals surface area contributed by atoms with Crippen molar-refractivity contribution in [3.05, 3.63) is 12.2 Å². The van der Waals surface area contributed by atoms with E-state index in [-0.39, 0.29) is 11.8 Å². The Hall–Kier alpha value is -1.36. The number of hydrogen-bond donors (Lipinski definition) is 3. The molecule has 0 fully saturated rings. The number of unbranched alkanes of at least 4 members (excludes halogenated alkanes) is 25. The van der Waals surface area contributed by atoms with Gasteiger partial charge in [-0.2, -0.15) is 0 Å². The minimum absolute atomic E-state index is 0.00273. The van der Waals surface area contributed by atoms with Gasteiger partial charge >= 0.3 is 0 Å². The molecule has 0 aliphatic heterocycles. The van der Waals surface area contributed by atoms with E-state index in [4.69, 9.17) is 0 Å². The predicted octanol–water partition coefficient (Wildman–Crippen LogP) is 11.5. The Labute approximate surface area is 288 Å². The second-order valence-electron chi connectivity index (χ2n) is 13.9. The fourth-order valence-electron chi connectivity index (χ4n) is 6.20. The topological polar surface area (TPSA) is 70.2 Å². The summed E-state index contributed by atoms with van der Waals surface area (Å²) in [6, 6.07) is -0.404. The summed E-state index contributed by atoms with van der Waals surface area (Å²) in [5.74, 6) is 0.0277. The number of allylic oxidation sites excluding steroid dienone is 2. The van der Waals surface area contributed by atoms with E-state index in [1.807, 2.05) is 7.05 Å². The van der Waals surface area contributed by atoms with Gasteiger partial charge in [-0.25, -0.2) is 0 Å². The molecule has 0 heterocycles. The molecule has 0 radical (unpaired) electrons. The van der Waals surface area contributed by atoms with E-state index in [0.29, 0.717) is 19.4 Å². The lowest BCUT2D eigenvalue weighted by atomic mass is 10.0. The fourth-order valence-corrected chi connectivity index (χ4v) is 6.20. The second-order valence-corrected chi connectivity index (χ2v) is 13.9. The normalized spacial score (nSPS) is 12.2. The summed E-state index contributed by atoms with van der Waals surface area (Å²) in [5.41, 5.74) is 0. The molecule has 5 nitrogen and oxygen atoms in total. The molecule has 46 heavy (non-hydrogen) atoms. The molecule has 0 aliphatic carbocycles. The van der Waals surface area contributed by atoms with Crippen LogP contribution in [0.4, 0.5) is 0 Å². The van der Waals surface area contributed by atoms with Crippen molar-refractivity contribution in [1.29, 1.82) is 0 Å². The first kappa shape index (κ1) is 44.6. The zero-order chi connectivity index (χ0) is 33.6. The minimum Gasteiger partial charge on any atom is -0.354 e. The van der Waals surface area contributed by atoms with Gasteiger partial charge in [0.05, 0.1) is 0 Å². The van der Waals surface area contributed by atoms with Gasteiger partial charge in [0, 0.05) is 13.0 Å². The van der Waals surface area contributed by atoms with Crippen LogP contribution in [0.3, 0.4) is 0 Å². The summed E-state index contributed by atoms with van der Waals surface area (Å²) in [6.45, 7) is 6.21. The largest absolute Gasteiger partial charge is 0.354 e. The molecule has 272 valence electrons. The van der Waals surface area contributed by atoms with Crippen LogP contribution < -0.4 is 16.0 Å². The Morgan fingerprint density at radius 1 is 0.500 bits per heavy atom. The second kappa shape index (κ2) is 38.1. The lowest BCUT2D eigenvalue weighted by Gasteiger charge is -2.18. The molecule has 0 aromatic rings. The Morgan fingerprint density at radius 2 is 0.913 bits per heavy atom. The highest BCUT2D eigenvalue weighted by molar-refractivity contribution is 5.87. The molecule has 1 unspecified atom stereocenters. The van der Waals surface area contributed by atoms with Crippen LogP contribution in [0.25, 0.3) is 0 Å². The van der Waals surface area contributed by atoms with E-state index in [1.165, 1.54) is 154 Å². The van der Waals surface area contributed by atoms with E-state index < -0.39 is 6.04 Å². The first-order valence-electron chi connectivity index (χ1n) is 20.5. The molecule has 2 amide bonds. The SMILES string of the molecule is CCCCCCCCC=CCCCCCCCC(=O)NC(CCCCNC)C(=O)NCCCCCCCCCCCCCCCC. The molecule has 0 rings (SSSR count). The molecule has 0 saturated heterocycles. The molecule has 0 aromatic heterocycles. The number of rotatable bonds is 37. The van der Waals surface area contributed by atoms with Crippen molar-refractivity contribution in [2.45, 2.75) is 219 Å². The van der Waals surface area contributed by atoms with E-state index >= 15 is 0 Å². The molecule has 0 bridgehead atoms. The quantitative estimate of drug-likeness (QED) is 0.0464. The zero-order valence-electron chi connectivity index (χ0n) is 31.4. The molecule has 0 saturated carbocycles. The summed E-state index contributed by atoms with van der Waals surface area (Å²) in [7, 11) is 1.95. The van der Waals surface area contributed by atoms with Gasteiger partial charge < -0.3 is 16.0 Å². The summed E-state index contributed by atoms with van der Waals surface area (Å²) in [5, 5.41) is 9.36. The lowest BCUT2D eigenvalue weighted by molar-refractivity contribution is -0.129. The van der Waals surface area contributed by atoms with Gasteiger partial charge in [-0.3, -0.25) is 9.59 Å². The van der Waals surface area contributed by atoms with E-state index in [2.05, 4.69) is 41.9 Å². The van der Waals surface area contributed by atoms with Crippen LogP contribution in [0, 0.1) is 0 Å². The third-order valence-electron chi connectivity index (χ3n) is 9.32. The van der Waals surface area contributed by atoms with Crippen LogP contribution >= 0.6 is 0 Å². The number of nitrogens with one attached hydrogen (secondary N) is 3. The predicted molar refractivity (Wildman–Crippen MR) is 202 cm³/mol. The van der Waals surface area contributed by atoms with Crippen LogP contribution in [-0.4, -0.2) is 38.0 Å². The van der Waals surface area contributed by atoms with Crippen LogP contribution in [0.2, 0.25) is 0 Å². The standard InChI is InChI=1S/C41H81N3O2/c1-4-6-8-10-12-14-16-18-20-21-23-25-27-29-31-36-40(45)44-39(35-32-34-37-42-3)41(46)43-38-33-30-28-26-24-22-19-17-15-13-11-9-7-5-2/h18,20,39,42H,4-17,19,21-38H2,1-3H3,(H,43,46)(H,44,45). The van der Waals surface area contributed by atoms with E-state index in [0.717, 1.165) is 38.6 Å². The van der Waals surface area contributed by atoms with Crippen molar-refractivity contribution in [2.24, 2.45) is 0 Å².